The number of hydrogen-bond acceptors (Lipinski definition) is 4. The molecule has 1 atom stereocenters. The van der Waals surface area contributed by atoms with Crippen molar-refractivity contribution >= 4 is 23.2 Å². The van der Waals surface area contributed by atoms with Gasteiger partial charge in [0.25, 0.3) is 6.43 Å². The van der Waals surface area contributed by atoms with Crippen molar-refractivity contribution in [2.75, 3.05) is 0 Å². The molecule has 1 fully saturated rings. The second-order valence-electron chi connectivity index (χ2n) is 9.34. The average Bonchev–Trinajstić information content (AvgIpc) is 3.64. The molecule has 0 N–H and O–H groups in total. The summed E-state index contributed by atoms with van der Waals surface area (Å²) in [6, 6.07) is 13.4. The van der Waals surface area contributed by atoms with Crippen LogP contribution in [0.4, 0.5) is 13.2 Å². The molecule has 1 aliphatic carbocycles. The summed E-state index contributed by atoms with van der Waals surface area (Å²) in [6.07, 6.45) is -0.764. The van der Waals surface area contributed by atoms with Gasteiger partial charge in [0.1, 0.15) is 11.7 Å². The number of benzene rings is 2. The summed E-state index contributed by atoms with van der Waals surface area (Å²) in [5.74, 6) is -2.44. The van der Waals surface area contributed by atoms with Crippen molar-refractivity contribution < 1.29 is 27.5 Å². The maximum absolute atomic E-state index is 14.7. The molecule has 1 heterocycles. The number of halogens is 4. The van der Waals surface area contributed by atoms with Crippen LogP contribution >= 0.6 is 11.6 Å². The molecule has 0 amide bonds. The predicted molar refractivity (Wildman–Crippen MR) is 131 cm³/mol. The van der Waals surface area contributed by atoms with Crippen LogP contribution in [-0.2, 0) is 11.2 Å². The predicted octanol–water partition coefficient (Wildman–Crippen LogP) is 6.51. The Bertz CT molecular complexity index is 1410. The summed E-state index contributed by atoms with van der Waals surface area (Å²) in [5, 5.41) is 22.3. The Morgan fingerprint density at radius 1 is 1.14 bits per heavy atom. The SMILES string of the molecule is CC(=O)c1ccc(CC(=O)[C@H](CC2(C#N)CC2)c2ccc(-c3c(C(F)F)ccc(Cl)c3F)c[n+]2[O-])cc1. The van der Waals surface area contributed by atoms with Gasteiger partial charge in [-0.1, -0.05) is 41.9 Å². The summed E-state index contributed by atoms with van der Waals surface area (Å²) >= 11 is 5.80. The Morgan fingerprint density at radius 2 is 1.81 bits per heavy atom. The van der Waals surface area contributed by atoms with Crippen molar-refractivity contribution in [2.45, 2.75) is 45.0 Å². The molecule has 1 saturated carbocycles. The molecular formula is C28H22ClF3N2O3. The number of carbonyl (C=O) groups excluding carboxylic acids is 2. The van der Waals surface area contributed by atoms with Gasteiger partial charge in [0.15, 0.2) is 17.8 Å². The molecule has 0 aliphatic heterocycles. The van der Waals surface area contributed by atoms with Gasteiger partial charge in [-0.2, -0.15) is 9.99 Å². The maximum Gasteiger partial charge on any atom is 0.264 e. The zero-order valence-electron chi connectivity index (χ0n) is 19.8. The minimum absolute atomic E-state index is 0.0371. The topological polar surface area (TPSA) is 84.9 Å². The Morgan fingerprint density at radius 3 is 2.35 bits per heavy atom. The fourth-order valence-electron chi connectivity index (χ4n) is 4.42. The lowest BCUT2D eigenvalue weighted by Crippen LogP contribution is -2.36. The first-order valence-electron chi connectivity index (χ1n) is 11.6. The number of aromatic nitrogens is 1. The molecule has 0 bridgehead atoms. The van der Waals surface area contributed by atoms with Gasteiger partial charge in [-0.3, -0.25) is 9.59 Å². The number of carbonyl (C=O) groups is 2. The monoisotopic (exact) mass is 526 g/mol. The van der Waals surface area contributed by atoms with E-state index in [0.29, 0.717) is 28.7 Å². The highest BCUT2D eigenvalue weighted by Crippen LogP contribution is 2.51. The number of nitrogens with zero attached hydrogens (tertiary/aromatic N) is 2. The number of rotatable bonds is 9. The number of ketones is 2. The van der Waals surface area contributed by atoms with E-state index in [0.717, 1.165) is 18.3 Å². The molecule has 0 radical (unpaired) electrons. The van der Waals surface area contributed by atoms with Gasteiger partial charge in [-0.25, -0.2) is 13.2 Å². The van der Waals surface area contributed by atoms with Crippen LogP contribution in [0.5, 0.6) is 0 Å². The molecule has 3 aromatic rings. The van der Waals surface area contributed by atoms with Gasteiger partial charge in [0, 0.05) is 29.2 Å². The second-order valence-corrected chi connectivity index (χ2v) is 9.75. The fraction of sp³-hybridized carbons (Fsp3) is 0.286. The van der Waals surface area contributed by atoms with E-state index in [2.05, 4.69) is 6.07 Å². The quantitative estimate of drug-likeness (QED) is 0.181. The van der Waals surface area contributed by atoms with Crippen LogP contribution in [-0.4, -0.2) is 11.6 Å². The minimum Gasteiger partial charge on any atom is -0.618 e. The van der Waals surface area contributed by atoms with E-state index >= 15 is 0 Å². The summed E-state index contributed by atoms with van der Waals surface area (Å²) in [4.78, 5) is 24.9. The van der Waals surface area contributed by atoms with Crippen molar-refractivity contribution in [1.29, 1.82) is 5.26 Å². The zero-order valence-corrected chi connectivity index (χ0v) is 20.6. The summed E-state index contributed by atoms with van der Waals surface area (Å²) in [5.41, 5.74) is -0.748. The van der Waals surface area contributed by atoms with Crippen LogP contribution in [0.3, 0.4) is 0 Å². The molecule has 0 unspecified atom stereocenters. The van der Waals surface area contributed by atoms with Crippen LogP contribution in [0.1, 0.15) is 65.7 Å². The molecule has 4 rings (SSSR count). The van der Waals surface area contributed by atoms with E-state index in [4.69, 9.17) is 11.6 Å². The number of alkyl halides is 2. The average molecular weight is 527 g/mol. The first kappa shape index (κ1) is 26.4. The number of hydrogen-bond donors (Lipinski definition) is 0. The van der Waals surface area contributed by atoms with Crippen LogP contribution in [0.15, 0.2) is 54.7 Å². The van der Waals surface area contributed by atoms with Gasteiger partial charge < -0.3 is 5.21 Å². The summed E-state index contributed by atoms with van der Waals surface area (Å²) in [6.45, 7) is 1.43. The van der Waals surface area contributed by atoms with Crippen LogP contribution < -0.4 is 4.73 Å². The highest BCUT2D eigenvalue weighted by molar-refractivity contribution is 6.31. The number of Topliss-reactive ketones (excluding diaryl/α,β-unsaturated/α-hetero) is 2. The lowest BCUT2D eigenvalue weighted by molar-refractivity contribution is -0.614. The lowest BCUT2D eigenvalue weighted by Gasteiger charge is -2.19. The first-order chi connectivity index (χ1) is 17.5. The van der Waals surface area contributed by atoms with Crippen LogP contribution in [0.25, 0.3) is 11.1 Å². The van der Waals surface area contributed by atoms with E-state index in [1.165, 1.54) is 19.1 Å². The third-order valence-electron chi connectivity index (χ3n) is 6.77. The normalized spacial score (nSPS) is 14.7. The van der Waals surface area contributed by atoms with Gasteiger partial charge in [-0.05, 0) is 43.9 Å². The van der Waals surface area contributed by atoms with Crippen molar-refractivity contribution in [3.05, 3.63) is 93.2 Å². The Balaban J connectivity index is 1.70. The Kier molecular flexibility index (Phi) is 7.37. The van der Waals surface area contributed by atoms with Gasteiger partial charge >= 0.3 is 0 Å². The standard InChI is InChI=1S/C28H22ClF3N2O3/c1-16(35)18-4-2-17(3-5-18)12-24(36)21(13-28(15-33)10-11-28)23-9-6-19(14-34(23)37)25-20(27(31)32)7-8-22(29)26(25)30/h2-9,14,21,27H,10-13H2,1H3/t21-/m1/s1. The number of pyridine rings is 1. The van der Waals surface area contributed by atoms with Crippen LogP contribution in [0.2, 0.25) is 5.02 Å². The largest absolute Gasteiger partial charge is 0.618 e. The van der Waals surface area contributed by atoms with Gasteiger partial charge in [0.2, 0.25) is 5.69 Å². The highest BCUT2D eigenvalue weighted by Gasteiger charge is 2.47. The smallest absolute Gasteiger partial charge is 0.264 e. The molecule has 2 aromatic carbocycles. The molecular weight excluding hydrogens is 505 g/mol. The molecule has 37 heavy (non-hydrogen) atoms. The Labute approximate surface area is 216 Å². The molecule has 1 aliphatic rings. The van der Waals surface area contributed by atoms with Crippen LogP contribution in [0, 0.1) is 27.8 Å². The fourth-order valence-corrected chi connectivity index (χ4v) is 4.58. The molecule has 0 saturated heterocycles. The molecule has 0 spiro atoms. The maximum atomic E-state index is 14.7. The van der Waals surface area contributed by atoms with E-state index in [-0.39, 0.29) is 40.7 Å². The molecule has 5 nitrogen and oxygen atoms in total. The summed E-state index contributed by atoms with van der Waals surface area (Å²) in [7, 11) is 0. The van der Waals surface area contributed by atoms with Crippen molar-refractivity contribution in [3.8, 4) is 17.2 Å². The highest BCUT2D eigenvalue weighted by atomic mass is 35.5. The van der Waals surface area contributed by atoms with E-state index < -0.39 is 34.7 Å². The third kappa shape index (κ3) is 5.52. The molecule has 190 valence electrons. The second kappa shape index (κ2) is 10.3. The van der Waals surface area contributed by atoms with Crippen molar-refractivity contribution in [3.63, 3.8) is 0 Å². The molecule has 9 heteroatoms. The van der Waals surface area contributed by atoms with Crippen molar-refractivity contribution in [2.24, 2.45) is 5.41 Å². The van der Waals surface area contributed by atoms with E-state index in [1.54, 1.807) is 24.3 Å². The first-order valence-corrected chi connectivity index (χ1v) is 12.0. The zero-order chi connectivity index (χ0) is 26.9. The number of nitriles is 1. The van der Waals surface area contributed by atoms with E-state index in [1.807, 2.05) is 0 Å². The van der Waals surface area contributed by atoms with E-state index in [9.17, 15) is 33.2 Å². The lowest BCUT2D eigenvalue weighted by atomic mass is 9.84. The van der Waals surface area contributed by atoms with Gasteiger partial charge in [-0.15, -0.1) is 0 Å². The Hall–Kier alpha value is -3.70. The third-order valence-corrected chi connectivity index (χ3v) is 7.06. The molecule has 1 aromatic heterocycles. The summed E-state index contributed by atoms with van der Waals surface area (Å²) < 4.78 is 42.2. The minimum atomic E-state index is -3.00. The van der Waals surface area contributed by atoms with Gasteiger partial charge in [0.05, 0.1) is 22.1 Å². The van der Waals surface area contributed by atoms with Crippen molar-refractivity contribution in [1.82, 2.24) is 0 Å².